The van der Waals surface area contributed by atoms with Crippen molar-refractivity contribution in [3.8, 4) is 11.5 Å². The zero-order valence-corrected chi connectivity index (χ0v) is 25.1. The van der Waals surface area contributed by atoms with Gasteiger partial charge >= 0.3 is 0 Å². The maximum atomic E-state index is 11.7. The highest BCUT2D eigenvalue weighted by molar-refractivity contribution is 7.74. The van der Waals surface area contributed by atoms with Gasteiger partial charge in [0, 0.05) is 21.7 Å². The Kier molecular flexibility index (Phi) is 7.74. The summed E-state index contributed by atoms with van der Waals surface area (Å²) in [6, 6.07) is 8.77. The first-order chi connectivity index (χ1) is 15.1. The molecule has 3 heteroatoms. The maximum absolute atomic E-state index is 11.7. The van der Waals surface area contributed by atoms with Crippen LogP contribution in [0, 0.1) is 0 Å². The van der Waals surface area contributed by atoms with Crippen molar-refractivity contribution < 1.29 is 10.2 Å². The molecule has 0 amide bonds. The first-order valence-corrected chi connectivity index (χ1v) is 14.0. The van der Waals surface area contributed by atoms with E-state index in [9.17, 15) is 10.2 Å². The Balaban J connectivity index is 3.03. The minimum atomic E-state index is -1.00. The van der Waals surface area contributed by atoms with Gasteiger partial charge in [0.2, 0.25) is 0 Å². The zero-order chi connectivity index (χ0) is 26.6. The first kappa shape index (κ1) is 28.7. The van der Waals surface area contributed by atoms with Crippen LogP contribution in [0.1, 0.15) is 119 Å². The summed E-state index contributed by atoms with van der Waals surface area (Å²) >= 11 is 0. The topological polar surface area (TPSA) is 40.5 Å². The highest BCUT2D eigenvalue weighted by atomic mass is 31.1. The van der Waals surface area contributed by atoms with Gasteiger partial charge in [0.1, 0.15) is 11.5 Å². The second-order valence-corrected chi connectivity index (χ2v) is 17.0. The van der Waals surface area contributed by atoms with Crippen molar-refractivity contribution in [3.05, 3.63) is 46.5 Å². The van der Waals surface area contributed by atoms with Crippen LogP contribution in [0.5, 0.6) is 11.5 Å². The van der Waals surface area contributed by atoms with Gasteiger partial charge < -0.3 is 10.2 Å². The molecule has 190 valence electrons. The third-order valence-corrected chi connectivity index (χ3v) is 9.32. The summed E-state index contributed by atoms with van der Waals surface area (Å²) in [7, 11) is -1.00. The van der Waals surface area contributed by atoms with Crippen molar-refractivity contribution in [2.24, 2.45) is 0 Å². The molecule has 2 nitrogen and oxygen atoms in total. The summed E-state index contributed by atoms with van der Waals surface area (Å²) in [5.74, 6) is 0.774. The van der Waals surface area contributed by atoms with E-state index >= 15 is 0 Å². The van der Waals surface area contributed by atoms with Crippen molar-refractivity contribution in [1.82, 2.24) is 0 Å². The summed E-state index contributed by atoms with van der Waals surface area (Å²) < 4.78 is 0. The monoisotopic (exact) mass is 484 g/mol. The van der Waals surface area contributed by atoms with E-state index < -0.39 is 7.92 Å². The quantitative estimate of drug-likeness (QED) is 0.432. The molecule has 0 saturated heterocycles. The van der Waals surface area contributed by atoms with Gasteiger partial charge in [0.15, 0.2) is 0 Å². The maximum Gasteiger partial charge on any atom is 0.127 e. The van der Waals surface area contributed by atoms with Gasteiger partial charge in [-0.1, -0.05) is 109 Å². The van der Waals surface area contributed by atoms with E-state index in [1.165, 1.54) is 11.1 Å². The minimum Gasteiger partial charge on any atom is -0.507 e. The Bertz CT molecular complexity index is 954. The fourth-order valence-corrected chi connectivity index (χ4v) is 6.93. The fraction of sp³-hybridized carbons (Fsp3) is 0.613. The lowest BCUT2D eigenvalue weighted by Crippen LogP contribution is -2.27. The normalized spacial score (nSPS) is 13.8. The molecule has 0 aromatic heterocycles. The molecule has 2 aromatic rings. The third-order valence-electron chi connectivity index (χ3n) is 6.56. The molecule has 0 aliphatic rings. The number of benzene rings is 2. The van der Waals surface area contributed by atoms with E-state index in [4.69, 9.17) is 0 Å². The first-order valence-electron chi connectivity index (χ1n) is 12.6. The number of hydrogen-bond donors (Lipinski definition) is 2. The molecule has 2 aromatic carbocycles. The number of aromatic hydroxyl groups is 2. The molecule has 2 N–H and O–H groups in total. The molecule has 0 radical (unpaired) electrons. The Morgan fingerprint density at radius 3 is 1.03 bits per heavy atom. The van der Waals surface area contributed by atoms with E-state index in [0.29, 0.717) is 11.5 Å². The van der Waals surface area contributed by atoms with Crippen molar-refractivity contribution in [3.63, 3.8) is 0 Å². The van der Waals surface area contributed by atoms with Gasteiger partial charge in [0.05, 0.1) is 0 Å². The Morgan fingerprint density at radius 2 is 0.824 bits per heavy atom. The van der Waals surface area contributed by atoms with E-state index in [1.54, 1.807) is 0 Å². The Hall–Kier alpha value is -1.53. The Morgan fingerprint density at radius 1 is 0.529 bits per heavy atom. The van der Waals surface area contributed by atoms with Crippen LogP contribution in [-0.2, 0) is 21.7 Å². The van der Waals surface area contributed by atoms with Crippen LogP contribution < -0.4 is 10.6 Å². The van der Waals surface area contributed by atoms with Gasteiger partial charge in [-0.3, -0.25) is 0 Å². The smallest absolute Gasteiger partial charge is 0.127 e. The second-order valence-electron chi connectivity index (χ2n) is 14.2. The number of phenolic OH excluding ortho intramolecular Hbond substituents is 2. The Labute approximate surface area is 211 Å². The van der Waals surface area contributed by atoms with Crippen LogP contribution in [0.4, 0.5) is 0 Å². The molecule has 0 aliphatic carbocycles. The van der Waals surface area contributed by atoms with Crippen LogP contribution in [0.3, 0.4) is 0 Å². The van der Waals surface area contributed by atoms with Gasteiger partial charge in [0.25, 0.3) is 0 Å². The van der Waals surface area contributed by atoms with E-state index in [-0.39, 0.29) is 27.3 Å². The standard InChI is InChI=1S/C31H49O2P/c1-19(2)34(24-17-20(28(3,4)5)15-22(26(24)32)30(9,10)11)25-18-21(29(6,7)8)16-23(27(25)33)31(12,13)14/h15-19,32-33H,1-14H3. The van der Waals surface area contributed by atoms with E-state index in [1.807, 2.05) is 0 Å². The van der Waals surface area contributed by atoms with Gasteiger partial charge in [-0.25, -0.2) is 0 Å². The molecule has 0 heterocycles. The molecule has 0 spiro atoms. The molecule has 0 unspecified atom stereocenters. The summed E-state index contributed by atoms with van der Waals surface area (Å²) in [6.45, 7) is 30.7. The van der Waals surface area contributed by atoms with Gasteiger partial charge in [-0.15, -0.1) is 0 Å². The largest absolute Gasteiger partial charge is 0.507 e. The van der Waals surface area contributed by atoms with Crippen LogP contribution in [0.25, 0.3) is 0 Å². The highest BCUT2D eigenvalue weighted by Crippen LogP contribution is 2.49. The third kappa shape index (κ3) is 5.99. The average molecular weight is 485 g/mol. The van der Waals surface area contributed by atoms with Crippen molar-refractivity contribution in [1.29, 1.82) is 0 Å². The summed E-state index contributed by atoms with van der Waals surface area (Å²) in [6.07, 6.45) is 0. The van der Waals surface area contributed by atoms with Gasteiger partial charge in [-0.2, -0.15) is 0 Å². The van der Waals surface area contributed by atoms with Crippen LogP contribution in [0.2, 0.25) is 0 Å². The molecular formula is C31H49O2P. The predicted molar refractivity (Wildman–Crippen MR) is 152 cm³/mol. The summed E-state index contributed by atoms with van der Waals surface area (Å²) in [5, 5.41) is 25.3. The molecule has 0 bridgehead atoms. The van der Waals surface area contributed by atoms with Crippen molar-refractivity contribution in [2.45, 2.75) is 124 Å². The van der Waals surface area contributed by atoms with Crippen LogP contribution in [-0.4, -0.2) is 15.9 Å². The van der Waals surface area contributed by atoms with Crippen molar-refractivity contribution >= 4 is 18.5 Å². The van der Waals surface area contributed by atoms with E-state index in [0.717, 1.165) is 21.7 Å². The lowest BCUT2D eigenvalue weighted by Gasteiger charge is -2.34. The highest BCUT2D eigenvalue weighted by Gasteiger charge is 2.33. The molecule has 0 aliphatic heterocycles. The molecule has 0 atom stereocenters. The summed E-state index contributed by atoms with van der Waals surface area (Å²) in [5.41, 5.74) is 4.17. The van der Waals surface area contributed by atoms with E-state index in [2.05, 4.69) is 121 Å². The lowest BCUT2D eigenvalue weighted by molar-refractivity contribution is 0.448. The SMILES string of the molecule is CC(C)P(c1cc(C(C)(C)C)cc(C(C)(C)C)c1O)c1cc(C(C)(C)C)cc(C(C)(C)C)c1O. The number of hydrogen-bond acceptors (Lipinski definition) is 2. The molecule has 34 heavy (non-hydrogen) atoms. The minimum absolute atomic E-state index is 0.0493. The molecular weight excluding hydrogens is 435 g/mol. The molecule has 2 rings (SSSR count). The molecule has 0 fully saturated rings. The van der Waals surface area contributed by atoms with Crippen molar-refractivity contribution in [2.75, 3.05) is 0 Å². The van der Waals surface area contributed by atoms with Gasteiger partial charge in [-0.05, 0) is 58.5 Å². The van der Waals surface area contributed by atoms with Crippen LogP contribution in [0.15, 0.2) is 24.3 Å². The number of phenols is 2. The number of rotatable bonds is 3. The average Bonchev–Trinajstić information content (AvgIpc) is 2.60. The fourth-order valence-electron chi connectivity index (χ4n) is 4.30. The predicted octanol–water partition coefficient (Wildman–Crippen LogP) is 8.13. The molecule has 0 saturated carbocycles. The zero-order valence-electron chi connectivity index (χ0n) is 24.2. The second kappa shape index (κ2) is 9.16. The lowest BCUT2D eigenvalue weighted by atomic mass is 9.80. The van der Waals surface area contributed by atoms with Crippen LogP contribution >= 0.6 is 7.92 Å². The summed E-state index contributed by atoms with van der Waals surface area (Å²) in [4.78, 5) is 0.